The third-order valence-electron chi connectivity index (χ3n) is 4.94. The third kappa shape index (κ3) is 7.28. The van der Waals surface area contributed by atoms with E-state index in [0.29, 0.717) is 18.0 Å². The van der Waals surface area contributed by atoms with Crippen LogP contribution in [0.1, 0.15) is 58.2 Å². The lowest BCUT2D eigenvalue weighted by molar-refractivity contribution is -0.120. The Morgan fingerprint density at radius 2 is 1.65 bits per heavy atom. The molecule has 0 aliphatic heterocycles. The first-order valence-electron chi connectivity index (χ1n) is 10.5. The molecular formula is C24H34N2O4S. The first-order valence-corrected chi connectivity index (χ1v) is 12.4. The molecule has 0 spiro atoms. The quantitative estimate of drug-likeness (QED) is 0.619. The van der Waals surface area contributed by atoms with Crippen LogP contribution in [-0.2, 0) is 20.2 Å². The van der Waals surface area contributed by atoms with Crippen molar-refractivity contribution in [3.05, 3.63) is 59.7 Å². The van der Waals surface area contributed by atoms with Crippen LogP contribution in [0.4, 0.5) is 5.69 Å². The average Bonchev–Trinajstić information content (AvgIpc) is 2.69. The van der Waals surface area contributed by atoms with E-state index in [4.69, 9.17) is 4.74 Å². The van der Waals surface area contributed by atoms with Crippen molar-refractivity contribution in [2.75, 3.05) is 23.7 Å². The highest BCUT2D eigenvalue weighted by atomic mass is 32.2. The van der Waals surface area contributed by atoms with Gasteiger partial charge < -0.3 is 10.1 Å². The molecule has 7 heteroatoms. The summed E-state index contributed by atoms with van der Waals surface area (Å²) >= 11 is 0. The Morgan fingerprint density at radius 1 is 1.06 bits per heavy atom. The van der Waals surface area contributed by atoms with Gasteiger partial charge in [-0.3, -0.25) is 9.10 Å². The van der Waals surface area contributed by atoms with Crippen LogP contribution in [0, 0.1) is 0 Å². The van der Waals surface area contributed by atoms with E-state index >= 15 is 0 Å². The fraction of sp³-hybridized carbons (Fsp3) is 0.458. The van der Waals surface area contributed by atoms with Gasteiger partial charge in [-0.15, -0.1) is 0 Å². The van der Waals surface area contributed by atoms with E-state index in [-0.39, 0.29) is 23.9 Å². The molecule has 2 rings (SSSR count). The van der Waals surface area contributed by atoms with Crippen LogP contribution in [0.25, 0.3) is 0 Å². The van der Waals surface area contributed by atoms with Crippen molar-refractivity contribution in [1.82, 2.24) is 5.32 Å². The maximum absolute atomic E-state index is 12.6. The van der Waals surface area contributed by atoms with Crippen molar-refractivity contribution in [2.24, 2.45) is 0 Å². The number of amides is 1. The van der Waals surface area contributed by atoms with Gasteiger partial charge in [-0.2, -0.15) is 0 Å². The number of carbonyl (C=O) groups excluding carboxylic acids is 1. The van der Waals surface area contributed by atoms with Gasteiger partial charge in [-0.1, -0.05) is 52.0 Å². The van der Waals surface area contributed by atoms with Gasteiger partial charge in [0.25, 0.3) is 0 Å². The van der Waals surface area contributed by atoms with E-state index in [2.05, 4.69) is 38.2 Å². The summed E-state index contributed by atoms with van der Waals surface area (Å²) in [5.41, 5.74) is 2.65. The number of nitrogens with one attached hydrogen (secondary N) is 1. The fourth-order valence-electron chi connectivity index (χ4n) is 3.10. The zero-order valence-corrected chi connectivity index (χ0v) is 20.1. The molecule has 2 aromatic rings. The Hall–Kier alpha value is -2.54. The molecular weight excluding hydrogens is 412 g/mol. The van der Waals surface area contributed by atoms with Gasteiger partial charge in [0.15, 0.2) is 0 Å². The van der Waals surface area contributed by atoms with E-state index in [0.717, 1.165) is 22.5 Å². The van der Waals surface area contributed by atoms with Gasteiger partial charge in [-0.05, 0) is 54.2 Å². The zero-order chi connectivity index (χ0) is 23.2. The lowest BCUT2D eigenvalue weighted by atomic mass is 9.86. The monoisotopic (exact) mass is 446 g/mol. The first-order chi connectivity index (χ1) is 14.4. The SMILES string of the molecule is CCCOc1ccc(N(CC(=O)N[C@@H](C)c2ccc(C(C)(C)C)cc2)S(C)(=O)=O)cc1. The molecule has 0 bridgehead atoms. The van der Waals surface area contributed by atoms with Crippen LogP contribution < -0.4 is 14.4 Å². The summed E-state index contributed by atoms with van der Waals surface area (Å²) in [6, 6.07) is 14.6. The van der Waals surface area contributed by atoms with Gasteiger partial charge in [0.2, 0.25) is 15.9 Å². The predicted octanol–water partition coefficient (Wildman–Crippen LogP) is 4.42. The largest absolute Gasteiger partial charge is 0.494 e. The van der Waals surface area contributed by atoms with Crippen molar-refractivity contribution in [1.29, 1.82) is 0 Å². The standard InChI is InChI=1S/C24H34N2O4S/c1-7-16-30-22-14-12-21(13-15-22)26(31(6,28)29)17-23(27)25-18(2)19-8-10-20(11-9-19)24(3,4)5/h8-15,18H,7,16-17H2,1-6H3,(H,25,27)/t18-/m0/s1. The minimum absolute atomic E-state index is 0.0537. The van der Waals surface area contributed by atoms with Crippen molar-refractivity contribution < 1.29 is 17.9 Å². The molecule has 1 N–H and O–H groups in total. The van der Waals surface area contributed by atoms with Gasteiger partial charge >= 0.3 is 0 Å². The molecule has 170 valence electrons. The smallest absolute Gasteiger partial charge is 0.241 e. The minimum Gasteiger partial charge on any atom is -0.494 e. The average molecular weight is 447 g/mol. The molecule has 2 aromatic carbocycles. The van der Waals surface area contributed by atoms with Crippen LogP contribution >= 0.6 is 0 Å². The maximum Gasteiger partial charge on any atom is 0.241 e. The number of nitrogens with zero attached hydrogens (tertiary/aromatic N) is 1. The van der Waals surface area contributed by atoms with E-state index in [1.54, 1.807) is 24.3 Å². The number of sulfonamides is 1. The fourth-order valence-corrected chi connectivity index (χ4v) is 3.96. The highest BCUT2D eigenvalue weighted by molar-refractivity contribution is 7.92. The maximum atomic E-state index is 12.6. The molecule has 0 saturated carbocycles. The molecule has 0 heterocycles. The first kappa shape index (κ1) is 24.7. The summed E-state index contributed by atoms with van der Waals surface area (Å²) in [6.45, 7) is 10.6. The molecule has 0 unspecified atom stereocenters. The second kappa shape index (κ2) is 10.2. The Labute approximate surface area is 186 Å². The minimum atomic E-state index is -3.63. The van der Waals surface area contributed by atoms with Crippen LogP contribution in [-0.4, -0.2) is 33.7 Å². The lowest BCUT2D eigenvalue weighted by Crippen LogP contribution is -2.41. The van der Waals surface area contributed by atoms with Crippen LogP contribution in [0.3, 0.4) is 0 Å². The molecule has 6 nitrogen and oxygen atoms in total. The van der Waals surface area contributed by atoms with Crippen LogP contribution in [0.15, 0.2) is 48.5 Å². The Morgan fingerprint density at radius 3 is 2.13 bits per heavy atom. The van der Waals surface area contributed by atoms with Gasteiger partial charge in [0.05, 0.1) is 24.6 Å². The lowest BCUT2D eigenvalue weighted by Gasteiger charge is -2.24. The number of rotatable bonds is 9. The molecule has 0 aliphatic rings. The number of hydrogen-bond donors (Lipinski definition) is 1. The predicted molar refractivity (Wildman–Crippen MR) is 126 cm³/mol. The molecule has 0 saturated heterocycles. The summed E-state index contributed by atoms with van der Waals surface area (Å²) in [6.07, 6.45) is 1.98. The molecule has 0 aromatic heterocycles. The topological polar surface area (TPSA) is 75.7 Å². The summed E-state index contributed by atoms with van der Waals surface area (Å²) in [5.74, 6) is 0.292. The number of hydrogen-bond acceptors (Lipinski definition) is 4. The Bertz CT molecular complexity index is 962. The normalized spacial score (nSPS) is 12.8. The van der Waals surface area contributed by atoms with Gasteiger partial charge in [-0.25, -0.2) is 8.42 Å². The van der Waals surface area contributed by atoms with Gasteiger partial charge in [0, 0.05) is 0 Å². The third-order valence-corrected chi connectivity index (χ3v) is 6.08. The number of anilines is 1. The Balaban J connectivity index is 2.09. The van der Waals surface area contributed by atoms with Crippen molar-refractivity contribution in [3.63, 3.8) is 0 Å². The zero-order valence-electron chi connectivity index (χ0n) is 19.3. The van der Waals surface area contributed by atoms with Crippen LogP contribution in [0.5, 0.6) is 5.75 Å². The Kier molecular flexibility index (Phi) is 8.12. The van der Waals surface area contributed by atoms with Crippen molar-refractivity contribution in [3.8, 4) is 5.75 Å². The summed E-state index contributed by atoms with van der Waals surface area (Å²) < 4.78 is 31.3. The molecule has 0 aliphatic carbocycles. The van der Waals surface area contributed by atoms with Crippen molar-refractivity contribution >= 4 is 21.6 Å². The number of ether oxygens (including phenoxy) is 1. The highest BCUT2D eigenvalue weighted by Gasteiger charge is 2.22. The summed E-state index contributed by atoms with van der Waals surface area (Å²) in [4.78, 5) is 12.6. The van der Waals surface area contributed by atoms with E-state index < -0.39 is 10.0 Å². The molecule has 31 heavy (non-hydrogen) atoms. The molecule has 1 amide bonds. The van der Waals surface area contributed by atoms with E-state index in [9.17, 15) is 13.2 Å². The number of benzene rings is 2. The summed E-state index contributed by atoms with van der Waals surface area (Å²) in [7, 11) is -3.63. The molecule has 0 fully saturated rings. The van der Waals surface area contributed by atoms with Crippen LogP contribution in [0.2, 0.25) is 0 Å². The summed E-state index contributed by atoms with van der Waals surface area (Å²) in [5, 5.41) is 2.90. The number of carbonyl (C=O) groups is 1. The molecule has 1 atom stereocenters. The van der Waals surface area contributed by atoms with E-state index in [1.807, 2.05) is 26.0 Å². The van der Waals surface area contributed by atoms with Crippen molar-refractivity contribution in [2.45, 2.75) is 52.5 Å². The van der Waals surface area contributed by atoms with Gasteiger partial charge in [0.1, 0.15) is 12.3 Å². The second-order valence-corrected chi connectivity index (χ2v) is 10.7. The van der Waals surface area contributed by atoms with E-state index in [1.165, 1.54) is 5.56 Å². The highest BCUT2D eigenvalue weighted by Crippen LogP contribution is 2.24. The second-order valence-electron chi connectivity index (χ2n) is 8.77. The molecule has 0 radical (unpaired) electrons.